The van der Waals surface area contributed by atoms with Gasteiger partial charge < -0.3 is 16.2 Å². The van der Waals surface area contributed by atoms with Gasteiger partial charge in [0.15, 0.2) is 0 Å². The smallest absolute Gasteiger partial charge is 0.224 e. The van der Waals surface area contributed by atoms with Crippen molar-refractivity contribution in [3.63, 3.8) is 0 Å². The second kappa shape index (κ2) is 6.86. The molecule has 0 saturated heterocycles. The molecule has 0 aliphatic heterocycles. The van der Waals surface area contributed by atoms with E-state index in [0.29, 0.717) is 12.5 Å². The highest BCUT2D eigenvalue weighted by atomic mass is 16.3. The summed E-state index contributed by atoms with van der Waals surface area (Å²) in [5.41, 5.74) is 5.94. The van der Waals surface area contributed by atoms with Crippen LogP contribution in [0.5, 0.6) is 0 Å². The molecular formula is C12H24N2O2. The van der Waals surface area contributed by atoms with Crippen molar-refractivity contribution < 1.29 is 9.90 Å². The molecule has 16 heavy (non-hydrogen) atoms. The molecule has 0 heterocycles. The van der Waals surface area contributed by atoms with Crippen LogP contribution in [0.15, 0.2) is 0 Å². The largest absolute Gasteiger partial charge is 0.396 e. The molecule has 4 N–H and O–H groups in total. The molecule has 1 saturated carbocycles. The summed E-state index contributed by atoms with van der Waals surface area (Å²) < 4.78 is 0. The highest BCUT2D eigenvalue weighted by Gasteiger charge is 2.27. The molecule has 1 aliphatic rings. The van der Waals surface area contributed by atoms with E-state index in [-0.39, 0.29) is 24.5 Å². The van der Waals surface area contributed by atoms with E-state index < -0.39 is 0 Å². The number of carbonyl (C=O) groups is 1. The van der Waals surface area contributed by atoms with Gasteiger partial charge in [0.1, 0.15) is 0 Å². The SMILES string of the molecule is CC(CCO)CNC(=O)C1CCCCC1N. The maximum atomic E-state index is 11.9. The third kappa shape index (κ3) is 4.10. The molecule has 1 amide bonds. The Labute approximate surface area is 97.6 Å². The van der Waals surface area contributed by atoms with E-state index in [2.05, 4.69) is 5.32 Å². The minimum atomic E-state index is -0.00456. The zero-order valence-corrected chi connectivity index (χ0v) is 10.1. The van der Waals surface area contributed by atoms with Crippen LogP contribution in [-0.4, -0.2) is 30.2 Å². The van der Waals surface area contributed by atoms with Crippen LogP contribution >= 0.6 is 0 Å². The van der Waals surface area contributed by atoms with Crippen LogP contribution in [0.4, 0.5) is 0 Å². The quantitative estimate of drug-likeness (QED) is 0.646. The van der Waals surface area contributed by atoms with Crippen molar-refractivity contribution >= 4 is 5.91 Å². The monoisotopic (exact) mass is 228 g/mol. The predicted octanol–water partition coefficient (Wildman–Crippen LogP) is 0.639. The Morgan fingerprint density at radius 1 is 1.50 bits per heavy atom. The molecule has 3 unspecified atom stereocenters. The first-order chi connectivity index (χ1) is 7.65. The summed E-state index contributed by atoms with van der Waals surface area (Å²) >= 11 is 0. The van der Waals surface area contributed by atoms with Crippen LogP contribution in [0, 0.1) is 11.8 Å². The maximum Gasteiger partial charge on any atom is 0.224 e. The first-order valence-corrected chi connectivity index (χ1v) is 6.29. The number of aliphatic hydroxyl groups excluding tert-OH is 1. The topological polar surface area (TPSA) is 75.3 Å². The van der Waals surface area contributed by atoms with Crippen LogP contribution in [-0.2, 0) is 4.79 Å². The molecule has 0 bridgehead atoms. The first kappa shape index (κ1) is 13.5. The average Bonchev–Trinajstić information content (AvgIpc) is 2.27. The molecule has 0 spiro atoms. The number of hydrogen-bond donors (Lipinski definition) is 3. The molecule has 0 aromatic heterocycles. The summed E-state index contributed by atoms with van der Waals surface area (Å²) in [6.45, 7) is 2.85. The second-order valence-electron chi connectivity index (χ2n) is 4.92. The van der Waals surface area contributed by atoms with E-state index in [1.807, 2.05) is 6.92 Å². The lowest BCUT2D eigenvalue weighted by atomic mass is 9.84. The highest BCUT2D eigenvalue weighted by Crippen LogP contribution is 2.22. The van der Waals surface area contributed by atoms with Crippen molar-refractivity contribution in [2.75, 3.05) is 13.2 Å². The summed E-state index contributed by atoms with van der Waals surface area (Å²) in [5.74, 6) is 0.417. The Hall–Kier alpha value is -0.610. The molecule has 3 atom stereocenters. The molecule has 1 fully saturated rings. The van der Waals surface area contributed by atoms with Crippen molar-refractivity contribution in [1.29, 1.82) is 0 Å². The molecule has 4 nitrogen and oxygen atoms in total. The molecule has 1 rings (SSSR count). The Morgan fingerprint density at radius 3 is 2.81 bits per heavy atom. The molecule has 0 aromatic rings. The number of nitrogens with two attached hydrogens (primary N) is 1. The average molecular weight is 228 g/mol. The second-order valence-corrected chi connectivity index (χ2v) is 4.92. The van der Waals surface area contributed by atoms with Crippen LogP contribution < -0.4 is 11.1 Å². The van der Waals surface area contributed by atoms with Crippen LogP contribution in [0.2, 0.25) is 0 Å². The van der Waals surface area contributed by atoms with Crippen molar-refractivity contribution in [3.05, 3.63) is 0 Å². The van der Waals surface area contributed by atoms with Gasteiger partial charge in [0.25, 0.3) is 0 Å². The number of amides is 1. The van der Waals surface area contributed by atoms with Crippen molar-refractivity contribution in [2.24, 2.45) is 17.6 Å². The van der Waals surface area contributed by atoms with E-state index >= 15 is 0 Å². The normalized spacial score (nSPS) is 27.4. The van der Waals surface area contributed by atoms with E-state index in [9.17, 15) is 4.79 Å². The van der Waals surface area contributed by atoms with Crippen LogP contribution in [0.1, 0.15) is 39.0 Å². The van der Waals surface area contributed by atoms with E-state index in [1.165, 1.54) is 0 Å². The van der Waals surface area contributed by atoms with Crippen molar-refractivity contribution in [2.45, 2.75) is 45.1 Å². The van der Waals surface area contributed by atoms with E-state index in [4.69, 9.17) is 10.8 Å². The Bertz CT molecular complexity index is 221. The number of nitrogens with one attached hydrogen (secondary N) is 1. The Balaban J connectivity index is 2.28. The van der Waals surface area contributed by atoms with E-state index in [0.717, 1.165) is 32.1 Å². The summed E-state index contributed by atoms with van der Waals surface area (Å²) in [4.78, 5) is 11.9. The third-order valence-corrected chi connectivity index (χ3v) is 3.40. The molecule has 0 aromatic carbocycles. The van der Waals surface area contributed by atoms with Gasteiger partial charge in [0, 0.05) is 19.2 Å². The molecular weight excluding hydrogens is 204 g/mol. The molecule has 1 aliphatic carbocycles. The zero-order valence-electron chi connectivity index (χ0n) is 10.1. The summed E-state index contributed by atoms with van der Waals surface area (Å²) in [6.07, 6.45) is 4.87. The number of hydrogen-bond acceptors (Lipinski definition) is 3. The number of carbonyl (C=O) groups excluding carboxylic acids is 1. The summed E-state index contributed by atoms with van der Waals surface area (Å²) in [7, 11) is 0. The van der Waals surface area contributed by atoms with Gasteiger partial charge in [-0.2, -0.15) is 0 Å². The lowest BCUT2D eigenvalue weighted by Gasteiger charge is -2.27. The van der Waals surface area contributed by atoms with Crippen molar-refractivity contribution in [3.8, 4) is 0 Å². The van der Waals surface area contributed by atoms with Gasteiger partial charge in [0.2, 0.25) is 5.91 Å². The van der Waals surface area contributed by atoms with Gasteiger partial charge in [-0.25, -0.2) is 0 Å². The third-order valence-electron chi connectivity index (χ3n) is 3.40. The van der Waals surface area contributed by atoms with Gasteiger partial charge in [-0.15, -0.1) is 0 Å². The van der Waals surface area contributed by atoms with Gasteiger partial charge in [-0.3, -0.25) is 4.79 Å². The lowest BCUT2D eigenvalue weighted by Crippen LogP contribution is -2.44. The lowest BCUT2D eigenvalue weighted by molar-refractivity contribution is -0.126. The van der Waals surface area contributed by atoms with Gasteiger partial charge in [-0.1, -0.05) is 19.8 Å². The maximum absolute atomic E-state index is 11.9. The summed E-state index contributed by atoms with van der Waals surface area (Å²) in [5, 5.41) is 11.7. The van der Waals surface area contributed by atoms with Crippen LogP contribution in [0.3, 0.4) is 0 Å². The number of rotatable bonds is 5. The fraction of sp³-hybridized carbons (Fsp3) is 0.917. The Kier molecular flexibility index (Phi) is 5.77. The highest BCUT2D eigenvalue weighted by molar-refractivity contribution is 5.79. The predicted molar refractivity (Wildman–Crippen MR) is 63.8 cm³/mol. The number of aliphatic hydroxyl groups is 1. The summed E-state index contributed by atoms with van der Waals surface area (Å²) in [6, 6.07) is 0.0295. The Morgan fingerprint density at radius 2 is 2.19 bits per heavy atom. The fourth-order valence-electron chi connectivity index (χ4n) is 2.21. The first-order valence-electron chi connectivity index (χ1n) is 6.29. The molecule has 0 radical (unpaired) electrons. The van der Waals surface area contributed by atoms with Gasteiger partial charge in [0.05, 0.1) is 5.92 Å². The van der Waals surface area contributed by atoms with E-state index in [1.54, 1.807) is 0 Å². The van der Waals surface area contributed by atoms with Gasteiger partial charge in [-0.05, 0) is 25.2 Å². The minimum absolute atomic E-state index is 0.00456. The zero-order chi connectivity index (χ0) is 12.0. The van der Waals surface area contributed by atoms with Gasteiger partial charge >= 0.3 is 0 Å². The minimum Gasteiger partial charge on any atom is -0.396 e. The van der Waals surface area contributed by atoms with Crippen LogP contribution in [0.25, 0.3) is 0 Å². The van der Waals surface area contributed by atoms with Crippen molar-refractivity contribution in [1.82, 2.24) is 5.32 Å². The fourth-order valence-corrected chi connectivity index (χ4v) is 2.21. The molecule has 94 valence electrons. The standard InChI is InChI=1S/C12H24N2O2/c1-9(6-7-15)8-14-12(16)10-4-2-3-5-11(10)13/h9-11,15H,2-8,13H2,1H3,(H,14,16). The molecule has 4 heteroatoms.